The molecule has 0 spiro atoms. The molecule has 2 rings (SSSR count). The number of carbonyl (C=O) groups is 2. The van der Waals surface area contributed by atoms with Crippen LogP contribution in [0.25, 0.3) is 0 Å². The summed E-state index contributed by atoms with van der Waals surface area (Å²) >= 11 is 7.40. The molecule has 134 valence electrons. The van der Waals surface area contributed by atoms with Crippen LogP contribution in [0.4, 0.5) is 10.8 Å². The van der Waals surface area contributed by atoms with Crippen LogP contribution in [0.1, 0.15) is 30.8 Å². The Morgan fingerprint density at radius 3 is 2.72 bits per heavy atom. The van der Waals surface area contributed by atoms with E-state index in [-0.39, 0.29) is 24.8 Å². The molecule has 0 bridgehead atoms. The van der Waals surface area contributed by atoms with Gasteiger partial charge in [0.25, 0.3) is 5.91 Å². The molecule has 0 fully saturated rings. The summed E-state index contributed by atoms with van der Waals surface area (Å²) in [4.78, 5) is 27.9. The molecule has 0 atom stereocenters. The zero-order chi connectivity index (χ0) is 18.2. The summed E-state index contributed by atoms with van der Waals surface area (Å²) in [5.74, 6) is 0.0195. The van der Waals surface area contributed by atoms with Crippen LogP contribution in [0.3, 0.4) is 0 Å². The number of amides is 2. The third kappa shape index (κ3) is 6.36. The van der Waals surface area contributed by atoms with E-state index >= 15 is 0 Å². The van der Waals surface area contributed by atoms with Crippen LogP contribution in [-0.2, 0) is 4.79 Å². The highest BCUT2D eigenvalue weighted by molar-refractivity contribution is 7.14. The molecular formula is C17H21ClN4O2S. The highest BCUT2D eigenvalue weighted by atomic mass is 35.5. The smallest absolute Gasteiger partial charge is 0.270 e. The number of aromatic nitrogens is 1. The quantitative estimate of drug-likeness (QED) is 0.655. The van der Waals surface area contributed by atoms with E-state index in [9.17, 15) is 9.59 Å². The van der Waals surface area contributed by atoms with E-state index in [0.717, 1.165) is 5.69 Å². The number of thiazole rings is 1. The Morgan fingerprint density at radius 1 is 1.24 bits per heavy atom. The van der Waals surface area contributed by atoms with Crippen LogP contribution < -0.4 is 16.0 Å². The Balaban J connectivity index is 1.80. The van der Waals surface area contributed by atoms with Gasteiger partial charge >= 0.3 is 0 Å². The van der Waals surface area contributed by atoms with Crippen LogP contribution in [0.15, 0.2) is 29.6 Å². The van der Waals surface area contributed by atoms with E-state index < -0.39 is 0 Å². The fraction of sp³-hybridized carbons (Fsp3) is 0.353. The number of hydrogen-bond acceptors (Lipinski definition) is 5. The van der Waals surface area contributed by atoms with E-state index in [1.165, 1.54) is 11.3 Å². The van der Waals surface area contributed by atoms with Gasteiger partial charge in [-0.1, -0.05) is 37.6 Å². The zero-order valence-corrected chi connectivity index (χ0v) is 15.7. The van der Waals surface area contributed by atoms with Gasteiger partial charge in [-0.2, -0.15) is 0 Å². The minimum Gasteiger partial charge on any atom is -0.356 e. The summed E-state index contributed by atoms with van der Waals surface area (Å²) < 4.78 is 0. The van der Waals surface area contributed by atoms with Crippen molar-refractivity contribution in [3.63, 3.8) is 0 Å². The fourth-order valence-electron chi connectivity index (χ4n) is 1.90. The molecule has 2 aromatic rings. The van der Waals surface area contributed by atoms with Gasteiger partial charge in [-0.25, -0.2) is 4.98 Å². The predicted octanol–water partition coefficient (Wildman–Crippen LogP) is 3.43. The van der Waals surface area contributed by atoms with Crippen LogP contribution in [0.5, 0.6) is 0 Å². The number of benzene rings is 1. The van der Waals surface area contributed by atoms with Crippen molar-refractivity contribution in [2.75, 3.05) is 18.4 Å². The van der Waals surface area contributed by atoms with Gasteiger partial charge in [0, 0.05) is 24.9 Å². The second-order valence-corrected chi connectivity index (χ2v) is 7.11. The van der Waals surface area contributed by atoms with Crippen molar-refractivity contribution in [1.29, 1.82) is 0 Å². The van der Waals surface area contributed by atoms with Gasteiger partial charge in [0.05, 0.1) is 10.7 Å². The molecule has 2 amide bonds. The Kier molecular flexibility index (Phi) is 7.21. The van der Waals surface area contributed by atoms with Crippen molar-refractivity contribution < 1.29 is 9.59 Å². The topological polar surface area (TPSA) is 83.1 Å². The monoisotopic (exact) mass is 380 g/mol. The number of carbonyl (C=O) groups excluding carboxylic acids is 2. The molecular weight excluding hydrogens is 360 g/mol. The minimum absolute atomic E-state index is 0.0756. The number of rotatable bonds is 8. The van der Waals surface area contributed by atoms with Gasteiger partial charge in [0.2, 0.25) is 5.91 Å². The molecule has 8 heteroatoms. The maximum atomic E-state index is 12.1. The van der Waals surface area contributed by atoms with Crippen LogP contribution >= 0.6 is 22.9 Å². The normalized spacial score (nSPS) is 10.6. The SMILES string of the molecule is CC(C)CNC(=O)CCNC(=O)c1csc(Nc2ccccc2Cl)n1. The maximum Gasteiger partial charge on any atom is 0.270 e. The molecule has 0 aliphatic rings. The van der Waals surface area contributed by atoms with Crippen molar-refractivity contribution >= 4 is 45.6 Å². The summed E-state index contributed by atoms with van der Waals surface area (Å²) in [5, 5.41) is 11.4. The first-order valence-electron chi connectivity index (χ1n) is 7.97. The third-order valence-corrected chi connectivity index (χ3v) is 4.28. The van der Waals surface area contributed by atoms with E-state index in [2.05, 4.69) is 20.9 Å². The predicted molar refractivity (Wildman–Crippen MR) is 102 cm³/mol. The van der Waals surface area contributed by atoms with E-state index in [4.69, 9.17) is 11.6 Å². The van der Waals surface area contributed by atoms with Crippen molar-refractivity contribution in [2.24, 2.45) is 5.92 Å². The summed E-state index contributed by atoms with van der Waals surface area (Å²) in [5.41, 5.74) is 1.04. The molecule has 1 aromatic carbocycles. The van der Waals surface area contributed by atoms with Gasteiger partial charge in [0.1, 0.15) is 5.69 Å². The molecule has 0 saturated heterocycles. The number of hydrogen-bond donors (Lipinski definition) is 3. The molecule has 0 radical (unpaired) electrons. The zero-order valence-electron chi connectivity index (χ0n) is 14.1. The Labute approximate surface area is 156 Å². The lowest BCUT2D eigenvalue weighted by atomic mass is 10.2. The van der Waals surface area contributed by atoms with Crippen LogP contribution in [0.2, 0.25) is 5.02 Å². The molecule has 6 nitrogen and oxygen atoms in total. The van der Waals surface area contributed by atoms with Crippen molar-refractivity contribution in [2.45, 2.75) is 20.3 Å². The Bertz CT molecular complexity index is 733. The molecule has 25 heavy (non-hydrogen) atoms. The highest BCUT2D eigenvalue weighted by Gasteiger charge is 2.12. The second-order valence-electron chi connectivity index (χ2n) is 5.85. The van der Waals surface area contributed by atoms with E-state index in [1.54, 1.807) is 11.4 Å². The maximum absolute atomic E-state index is 12.1. The molecule has 0 saturated carbocycles. The Hall–Kier alpha value is -2.12. The standard InChI is InChI=1S/C17H21ClN4O2S/c1-11(2)9-20-15(23)7-8-19-16(24)14-10-25-17(22-14)21-13-6-4-3-5-12(13)18/h3-6,10-11H,7-9H2,1-2H3,(H,19,24)(H,20,23)(H,21,22). The first-order chi connectivity index (χ1) is 12.0. The Morgan fingerprint density at radius 2 is 2.00 bits per heavy atom. The van der Waals surface area contributed by atoms with Crippen LogP contribution in [0, 0.1) is 5.92 Å². The average Bonchev–Trinajstić information content (AvgIpc) is 3.04. The molecule has 3 N–H and O–H groups in total. The molecule has 0 aliphatic carbocycles. The van der Waals surface area contributed by atoms with Gasteiger partial charge in [-0.3, -0.25) is 9.59 Å². The number of nitrogens with one attached hydrogen (secondary N) is 3. The van der Waals surface area contributed by atoms with Crippen molar-refractivity contribution in [3.05, 3.63) is 40.4 Å². The second kappa shape index (κ2) is 9.39. The third-order valence-electron chi connectivity index (χ3n) is 3.20. The largest absolute Gasteiger partial charge is 0.356 e. The molecule has 0 unspecified atom stereocenters. The first-order valence-corrected chi connectivity index (χ1v) is 9.23. The van der Waals surface area contributed by atoms with Gasteiger partial charge in [-0.05, 0) is 18.1 Å². The van der Waals surface area contributed by atoms with Crippen molar-refractivity contribution in [3.8, 4) is 0 Å². The molecule has 1 heterocycles. The number of nitrogens with zero attached hydrogens (tertiary/aromatic N) is 1. The lowest BCUT2D eigenvalue weighted by molar-refractivity contribution is -0.121. The summed E-state index contributed by atoms with van der Waals surface area (Å²) in [6.07, 6.45) is 0.243. The fourth-order valence-corrected chi connectivity index (χ4v) is 2.79. The molecule has 0 aliphatic heterocycles. The average molecular weight is 381 g/mol. The number of para-hydroxylation sites is 1. The summed E-state index contributed by atoms with van der Waals surface area (Å²) in [7, 11) is 0. The van der Waals surface area contributed by atoms with Crippen LogP contribution in [-0.4, -0.2) is 29.9 Å². The first kappa shape index (κ1) is 19.2. The highest BCUT2D eigenvalue weighted by Crippen LogP contribution is 2.26. The number of halogens is 1. The lowest BCUT2D eigenvalue weighted by Crippen LogP contribution is -2.32. The van der Waals surface area contributed by atoms with E-state index in [1.807, 2.05) is 32.0 Å². The summed E-state index contributed by atoms with van der Waals surface area (Å²) in [6, 6.07) is 7.31. The minimum atomic E-state index is -0.305. The van der Waals surface area contributed by atoms with E-state index in [0.29, 0.717) is 28.3 Å². The van der Waals surface area contributed by atoms with Gasteiger partial charge < -0.3 is 16.0 Å². The van der Waals surface area contributed by atoms with Crippen molar-refractivity contribution in [1.82, 2.24) is 15.6 Å². The lowest BCUT2D eigenvalue weighted by Gasteiger charge is -2.07. The molecule has 1 aromatic heterocycles. The number of anilines is 2. The van der Waals surface area contributed by atoms with Gasteiger partial charge in [0.15, 0.2) is 5.13 Å². The van der Waals surface area contributed by atoms with Gasteiger partial charge in [-0.15, -0.1) is 11.3 Å². The summed E-state index contributed by atoms with van der Waals surface area (Å²) in [6.45, 7) is 4.96.